The van der Waals surface area contributed by atoms with E-state index in [-0.39, 0.29) is 23.3 Å². The van der Waals surface area contributed by atoms with Crippen LogP contribution in [0.3, 0.4) is 0 Å². The first-order valence-electron chi connectivity index (χ1n) is 12.4. The highest BCUT2D eigenvalue weighted by molar-refractivity contribution is 6.12. The number of benzene rings is 2. The Balaban J connectivity index is 1.59. The number of nitrogens with zero attached hydrogens (tertiary/aromatic N) is 3. The van der Waals surface area contributed by atoms with Crippen LogP contribution in [-0.2, 0) is 0 Å². The molecule has 8 nitrogen and oxygen atoms in total. The highest BCUT2D eigenvalue weighted by atomic mass is 16.5. The summed E-state index contributed by atoms with van der Waals surface area (Å²) in [6.07, 6.45) is 6.36. The Bertz CT molecular complexity index is 1410. The molecule has 1 aliphatic carbocycles. The molecule has 1 fully saturated rings. The van der Waals surface area contributed by atoms with Gasteiger partial charge in [0.25, 0.3) is 5.91 Å². The molecule has 0 unspecified atom stereocenters. The highest BCUT2D eigenvalue weighted by Crippen LogP contribution is 2.46. The number of hydrogen-bond acceptors (Lipinski definition) is 6. The Hall–Kier alpha value is -4.33. The summed E-state index contributed by atoms with van der Waals surface area (Å²) in [6.45, 7) is 0. The second-order valence-corrected chi connectivity index (χ2v) is 9.64. The van der Waals surface area contributed by atoms with Crippen LogP contribution in [0.15, 0.2) is 65.4 Å². The fourth-order valence-corrected chi connectivity index (χ4v) is 5.12. The topological polar surface area (TPSA) is 109 Å². The summed E-state index contributed by atoms with van der Waals surface area (Å²) >= 11 is 0. The number of amides is 1. The molecular weight excluding hydrogens is 470 g/mol. The van der Waals surface area contributed by atoms with Crippen LogP contribution in [0.2, 0.25) is 0 Å². The molecule has 2 aromatic heterocycles. The van der Waals surface area contributed by atoms with Crippen LogP contribution in [0, 0.1) is 0 Å². The van der Waals surface area contributed by atoms with E-state index in [1.165, 1.54) is 11.2 Å². The molecule has 4 aromatic rings. The summed E-state index contributed by atoms with van der Waals surface area (Å²) in [5.41, 5.74) is 3.68. The van der Waals surface area contributed by atoms with Crippen LogP contribution in [0.25, 0.3) is 16.9 Å². The first-order chi connectivity index (χ1) is 17.9. The average molecular weight is 500 g/mol. The van der Waals surface area contributed by atoms with Crippen molar-refractivity contribution in [3.05, 3.63) is 83.2 Å². The number of ketones is 1. The van der Waals surface area contributed by atoms with Gasteiger partial charge in [-0.2, -0.15) is 0 Å². The predicted molar refractivity (Wildman–Crippen MR) is 138 cm³/mol. The second kappa shape index (κ2) is 9.97. The van der Waals surface area contributed by atoms with E-state index in [0.717, 1.165) is 37.7 Å². The Morgan fingerprint density at radius 3 is 2.16 bits per heavy atom. The van der Waals surface area contributed by atoms with Gasteiger partial charge < -0.3 is 19.6 Å². The second-order valence-electron chi connectivity index (χ2n) is 9.64. The van der Waals surface area contributed by atoms with Gasteiger partial charge >= 0.3 is 0 Å². The SMILES string of the molecule is CN(C)C(=O)c1ccc(C(=O)c2c(O)c(O)n(-c3ccc(-c4ccon4)cc3)c2C2CCCCC2)cc1. The number of carbonyl (C=O) groups excluding carboxylic acids is 2. The number of aromatic hydroxyl groups is 2. The molecular formula is C29H29N3O5. The van der Waals surface area contributed by atoms with Gasteiger partial charge in [-0.15, -0.1) is 0 Å². The molecule has 190 valence electrons. The van der Waals surface area contributed by atoms with Gasteiger partial charge in [-0.05, 0) is 37.1 Å². The van der Waals surface area contributed by atoms with Crippen LogP contribution in [0.5, 0.6) is 11.6 Å². The molecule has 0 aliphatic heterocycles. The Labute approximate surface area is 214 Å². The number of aromatic nitrogens is 2. The van der Waals surface area contributed by atoms with Crippen molar-refractivity contribution in [2.75, 3.05) is 14.1 Å². The molecule has 2 aromatic carbocycles. The zero-order valence-electron chi connectivity index (χ0n) is 20.8. The van der Waals surface area contributed by atoms with Gasteiger partial charge in [-0.1, -0.05) is 48.7 Å². The maximum atomic E-state index is 13.8. The summed E-state index contributed by atoms with van der Waals surface area (Å²) in [4.78, 5) is 27.5. The quantitative estimate of drug-likeness (QED) is 0.338. The summed E-state index contributed by atoms with van der Waals surface area (Å²) in [7, 11) is 3.33. The molecule has 2 heterocycles. The number of carbonyl (C=O) groups is 2. The Morgan fingerprint density at radius 2 is 1.57 bits per heavy atom. The molecule has 8 heteroatoms. The minimum Gasteiger partial charge on any atom is -0.503 e. The van der Waals surface area contributed by atoms with E-state index in [1.807, 2.05) is 24.3 Å². The lowest BCUT2D eigenvalue weighted by Gasteiger charge is -2.25. The fourth-order valence-electron chi connectivity index (χ4n) is 5.12. The van der Waals surface area contributed by atoms with Crippen molar-refractivity contribution >= 4 is 11.7 Å². The van der Waals surface area contributed by atoms with Crippen molar-refractivity contribution in [2.24, 2.45) is 0 Å². The zero-order chi connectivity index (χ0) is 26.1. The van der Waals surface area contributed by atoms with E-state index in [2.05, 4.69) is 5.16 Å². The first kappa shape index (κ1) is 24.4. The van der Waals surface area contributed by atoms with Crippen LogP contribution in [-0.4, -0.2) is 50.6 Å². The smallest absolute Gasteiger partial charge is 0.253 e. The molecule has 0 atom stereocenters. The summed E-state index contributed by atoms with van der Waals surface area (Å²) < 4.78 is 6.53. The van der Waals surface area contributed by atoms with Crippen molar-refractivity contribution < 1.29 is 24.3 Å². The van der Waals surface area contributed by atoms with Gasteiger partial charge in [0, 0.05) is 54.2 Å². The van der Waals surface area contributed by atoms with Gasteiger partial charge in [-0.25, -0.2) is 0 Å². The molecule has 1 aliphatic rings. The van der Waals surface area contributed by atoms with Crippen LogP contribution in [0.4, 0.5) is 0 Å². The van der Waals surface area contributed by atoms with Gasteiger partial charge in [0.05, 0.1) is 5.56 Å². The summed E-state index contributed by atoms with van der Waals surface area (Å²) in [5, 5.41) is 26.1. The van der Waals surface area contributed by atoms with E-state index in [4.69, 9.17) is 4.52 Å². The van der Waals surface area contributed by atoms with Crippen LogP contribution < -0.4 is 0 Å². The van der Waals surface area contributed by atoms with Gasteiger partial charge in [0.15, 0.2) is 11.5 Å². The molecule has 5 rings (SSSR count). The Morgan fingerprint density at radius 1 is 0.919 bits per heavy atom. The summed E-state index contributed by atoms with van der Waals surface area (Å²) in [5.74, 6) is -1.35. The Kier molecular flexibility index (Phi) is 6.56. The molecule has 37 heavy (non-hydrogen) atoms. The van der Waals surface area contributed by atoms with Gasteiger partial charge in [0.2, 0.25) is 5.88 Å². The van der Waals surface area contributed by atoms with E-state index in [0.29, 0.717) is 28.2 Å². The summed E-state index contributed by atoms with van der Waals surface area (Å²) in [6, 6.07) is 15.5. The lowest BCUT2D eigenvalue weighted by Crippen LogP contribution is -2.21. The van der Waals surface area contributed by atoms with E-state index in [1.54, 1.807) is 49.0 Å². The number of hydrogen-bond donors (Lipinski definition) is 2. The largest absolute Gasteiger partial charge is 0.503 e. The zero-order valence-corrected chi connectivity index (χ0v) is 20.8. The normalized spacial score (nSPS) is 14.0. The third-order valence-electron chi connectivity index (χ3n) is 7.04. The van der Waals surface area contributed by atoms with Crippen LogP contribution in [0.1, 0.15) is 70.0 Å². The van der Waals surface area contributed by atoms with Crippen LogP contribution >= 0.6 is 0 Å². The molecule has 0 radical (unpaired) electrons. The molecule has 0 saturated heterocycles. The molecule has 0 bridgehead atoms. The average Bonchev–Trinajstić information content (AvgIpc) is 3.56. The lowest BCUT2D eigenvalue weighted by atomic mass is 9.84. The minimum absolute atomic E-state index is 0.00399. The first-order valence-corrected chi connectivity index (χ1v) is 12.4. The minimum atomic E-state index is -0.431. The van der Waals surface area contributed by atoms with Crippen molar-refractivity contribution in [3.63, 3.8) is 0 Å². The lowest BCUT2D eigenvalue weighted by molar-refractivity contribution is 0.0827. The third kappa shape index (κ3) is 4.50. The van der Waals surface area contributed by atoms with E-state index in [9.17, 15) is 19.8 Å². The highest BCUT2D eigenvalue weighted by Gasteiger charge is 2.33. The predicted octanol–water partition coefficient (Wildman–Crippen LogP) is 5.52. The standard InChI is InChI=1S/C29H29N3O5/c1-31(2)28(35)21-10-8-20(9-11-21)26(33)24-25(19-6-4-3-5-7-19)32(29(36)27(24)34)22-14-12-18(13-15-22)23-16-17-37-30-23/h8-17,19,34,36H,3-7H2,1-2H3. The molecule has 1 amide bonds. The maximum absolute atomic E-state index is 13.8. The van der Waals surface area contributed by atoms with Gasteiger partial charge in [0.1, 0.15) is 12.0 Å². The monoisotopic (exact) mass is 499 g/mol. The van der Waals surface area contributed by atoms with Crippen molar-refractivity contribution in [1.29, 1.82) is 0 Å². The van der Waals surface area contributed by atoms with E-state index < -0.39 is 11.5 Å². The van der Waals surface area contributed by atoms with Crippen molar-refractivity contribution in [2.45, 2.75) is 38.0 Å². The number of rotatable bonds is 6. The molecule has 0 spiro atoms. The van der Waals surface area contributed by atoms with Crippen molar-refractivity contribution in [3.8, 4) is 28.6 Å². The van der Waals surface area contributed by atoms with Gasteiger partial charge in [-0.3, -0.25) is 14.2 Å². The molecule has 1 saturated carbocycles. The van der Waals surface area contributed by atoms with E-state index >= 15 is 0 Å². The molecule has 2 N–H and O–H groups in total. The fraction of sp³-hybridized carbons (Fsp3) is 0.276. The van der Waals surface area contributed by atoms with Crippen molar-refractivity contribution in [1.82, 2.24) is 14.6 Å². The maximum Gasteiger partial charge on any atom is 0.253 e. The third-order valence-corrected chi connectivity index (χ3v) is 7.04.